The standard InChI is InChI=1S/C18H15ClN4O2/c1-13-4-7-16(11-18(13)19)22-10-2-3-17(22)12-20-21-14-5-8-15(9-6-14)23(24)25/h2-12,21H,1H3/b20-12-. The monoisotopic (exact) mass is 354 g/mol. The number of halogens is 1. The van der Waals surface area contributed by atoms with Crippen LogP contribution in [0.15, 0.2) is 65.9 Å². The number of aryl methyl sites for hydroxylation is 1. The molecule has 3 rings (SSSR count). The number of rotatable bonds is 5. The topological polar surface area (TPSA) is 72.5 Å². The Balaban J connectivity index is 1.75. The van der Waals surface area contributed by atoms with E-state index >= 15 is 0 Å². The summed E-state index contributed by atoms with van der Waals surface area (Å²) in [6.45, 7) is 1.96. The van der Waals surface area contributed by atoms with Crippen LogP contribution in [0.2, 0.25) is 5.02 Å². The number of nitrogens with one attached hydrogen (secondary N) is 1. The van der Waals surface area contributed by atoms with Gasteiger partial charge < -0.3 is 4.57 Å². The minimum Gasteiger partial charge on any atom is -0.316 e. The van der Waals surface area contributed by atoms with Gasteiger partial charge in [0.15, 0.2) is 0 Å². The van der Waals surface area contributed by atoms with Gasteiger partial charge in [0.1, 0.15) is 0 Å². The molecule has 0 saturated carbocycles. The van der Waals surface area contributed by atoms with E-state index in [-0.39, 0.29) is 5.69 Å². The zero-order valence-corrected chi connectivity index (χ0v) is 14.1. The second-order valence-corrected chi connectivity index (χ2v) is 5.82. The second-order valence-electron chi connectivity index (χ2n) is 5.41. The molecule has 0 aliphatic rings. The molecule has 0 saturated heterocycles. The molecule has 25 heavy (non-hydrogen) atoms. The first-order chi connectivity index (χ1) is 12.0. The van der Waals surface area contributed by atoms with Crippen LogP contribution in [0.1, 0.15) is 11.3 Å². The molecule has 0 fully saturated rings. The zero-order valence-electron chi connectivity index (χ0n) is 13.4. The largest absolute Gasteiger partial charge is 0.316 e. The van der Waals surface area contributed by atoms with E-state index in [9.17, 15) is 10.1 Å². The molecule has 0 aliphatic carbocycles. The summed E-state index contributed by atoms with van der Waals surface area (Å²) in [6, 6.07) is 15.8. The van der Waals surface area contributed by atoms with Gasteiger partial charge in [-0.3, -0.25) is 15.5 Å². The number of non-ortho nitro benzene ring substituents is 1. The van der Waals surface area contributed by atoms with Gasteiger partial charge >= 0.3 is 0 Å². The van der Waals surface area contributed by atoms with E-state index in [2.05, 4.69) is 10.5 Å². The summed E-state index contributed by atoms with van der Waals surface area (Å²) in [5.74, 6) is 0. The average Bonchev–Trinajstić information content (AvgIpc) is 3.06. The number of aromatic nitrogens is 1. The Morgan fingerprint density at radius 1 is 1.20 bits per heavy atom. The van der Waals surface area contributed by atoms with E-state index in [1.54, 1.807) is 18.3 Å². The summed E-state index contributed by atoms with van der Waals surface area (Å²) in [5, 5.41) is 15.5. The van der Waals surface area contributed by atoms with Gasteiger partial charge in [-0.15, -0.1) is 0 Å². The minimum absolute atomic E-state index is 0.0413. The first-order valence-electron chi connectivity index (χ1n) is 7.52. The quantitative estimate of drug-likeness (QED) is 0.406. The van der Waals surface area contributed by atoms with E-state index in [4.69, 9.17) is 11.6 Å². The van der Waals surface area contributed by atoms with Crippen molar-refractivity contribution in [3.63, 3.8) is 0 Å². The maximum atomic E-state index is 10.6. The summed E-state index contributed by atoms with van der Waals surface area (Å²) in [7, 11) is 0. The predicted octanol–water partition coefficient (Wildman–Crippen LogP) is 4.79. The van der Waals surface area contributed by atoms with Crippen molar-refractivity contribution < 1.29 is 4.92 Å². The van der Waals surface area contributed by atoms with Crippen LogP contribution < -0.4 is 5.43 Å². The van der Waals surface area contributed by atoms with E-state index in [0.29, 0.717) is 10.7 Å². The molecule has 7 heteroatoms. The van der Waals surface area contributed by atoms with Crippen molar-refractivity contribution in [1.82, 2.24) is 4.57 Å². The highest BCUT2D eigenvalue weighted by atomic mass is 35.5. The number of nitro benzene ring substituents is 1. The van der Waals surface area contributed by atoms with E-state index in [0.717, 1.165) is 16.9 Å². The van der Waals surface area contributed by atoms with Crippen LogP contribution in [0.3, 0.4) is 0 Å². The van der Waals surface area contributed by atoms with Crippen LogP contribution in [-0.2, 0) is 0 Å². The third-order valence-corrected chi connectivity index (χ3v) is 4.09. The molecule has 3 aromatic rings. The van der Waals surface area contributed by atoms with Gasteiger partial charge in [0, 0.05) is 29.0 Å². The molecule has 1 N–H and O–H groups in total. The average molecular weight is 355 g/mol. The summed E-state index contributed by atoms with van der Waals surface area (Å²) < 4.78 is 1.96. The Hall–Kier alpha value is -3.12. The number of nitro groups is 1. The fourth-order valence-electron chi connectivity index (χ4n) is 2.30. The molecule has 2 aromatic carbocycles. The Morgan fingerprint density at radius 3 is 2.64 bits per heavy atom. The SMILES string of the molecule is Cc1ccc(-n2cccc2/C=N\Nc2ccc([N+](=O)[O-])cc2)cc1Cl. The van der Waals surface area contributed by atoms with Crippen LogP contribution in [-0.4, -0.2) is 15.7 Å². The van der Waals surface area contributed by atoms with E-state index in [1.807, 2.05) is 48.0 Å². The van der Waals surface area contributed by atoms with Gasteiger partial charge in [0.05, 0.1) is 22.5 Å². The normalized spacial score (nSPS) is 11.0. The maximum Gasteiger partial charge on any atom is 0.269 e. The second kappa shape index (κ2) is 7.19. The van der Waals surface area contributed by atoms with E-state index in [1.165, 1.54) is 12.1 Å². The molecule has 0 radical (unpaired) electrons. The van der Waals surface area contributed by atoms with Gasteiger partial charge in [-0.25, -0.2) is 0 Å². The number of nitrogens with zero attached hydrogens (tertiary/aromatic N) is 3. The van der Waals surface area contributed by atoms with Gasteiger partial charge in [0.2, 0.25) is 0 Å². The van der Waals surface area contributed by atoms with Crippen molar-refractivity contribution >= 4 is 29.2 Å². The molecule has 0 unspecified atom stereocenters. The number of hydrogen-bond donors (Lipinski definition) is 1. The van der Waals surface area contributed by atoms with Crippen molar-refractivity contribution in [3.05, 3.63) is 87.2 Å². The van der Waals surface area contributed by atoms with Crippen molar-refractivity contribution in [3.8, 4) is 5.69 Å². The summed E-state index contributed by atoms with van der Waals surface area (Å²) >= 11 is 6.20. The highest BCUT2D eigenvalue weighted by molar-refractivity contribution is 6.31. The fourth-order valence-corrected chi connectivity index (χ4v) is 2.47. The minimum atomic E-state index is -0.438. The third-order valence-electron chi connectivity index (χ3n) is 3.68. The lowest BCUT2D eigenvalue weighted by Gasteiger charge is -2.08. The Morgan fingerprint density at radius 2 is 1.96 bits per heavy atom. The first-order valence-corrected chi connectivity index (χ1v) is 7.90. The van der Waals surface area contributed by atoms with Crippen molar-refractivity contribution in [2.45, 2.75) is 6.92 Å². The maximum absolute atomic E-state index is 10.6. The molecule has 0 spiro atoms. The third kappa shape index (κ3) is 3.87. The highest BCUT2D eigenvalue weighted by Crippen LogP contribution is 2.21. The molecular weight excluding hydrogens is 340 g/mol. The van der Waals surface area contributed by atoms with E-state index < -0.39 is 4.92 Å². The van der Waals surface area contributed by atoms with Crippen molar-refractivity contribution in [2.24, 2.45) is 5.10 Å². The molecule has 6 nitrogen and oxygen atoms in total. The molecule has 1 aromatic heterocycles. The van der Waals surface area contributed by atoms with Gasteiger partial charge in [-0.05, 0) is 48.9 Å². The molecule has 126 valence electrons. The number of hydrogen-bond acceptors (Lipinski definition) is 4. The number of hydrazone groups is 1. The molecule has 0 amide bonds. The van der Waals surface area contributed by atoms with Crippen LogP contribution in [0.5, 0.6) is 0 Å². The van der Waals surface area contributed by atoms with Crippen LogP contribution in [0.25, 0.3) is 5.69 Å². The first kappa shape index (κ1) is 16.7. The smallest absolute Gasteiger partial charge is 0.269 e. The summed E-state index contributed by atoms with van der Waals surface area (Å²) in [5.41, 5.74) is 6.39. The summed E-state index contributed by atoms with van der Waals surface area (Å²) in [6.07, 6.45) is 3.60. The molecule has 1 heterocycles. The fraction of sp³-hybridized carbons (Fsp3) is 0.0556. The molecule has 0 bridgehead atoms. The molecule has 0 aliphatic heterocycles. The van der Waals surface area contributed by atoms with Crippen LogP contribution in [0.4, 0.5) is 11.4 Å². The zero-order chi connectivity index (χ0) is 17.8. The predicted molar refractivity (Wildman–Crippen MR) is 99.8 cm³/mol. The lowest BCUT2D eigenvalue weighted by atomic mass is 10.2. The van der Waals surface area contributed by atoms with Crippen molar-refractivity contribution in [1.29, 1.82) is 0 Å². The van der Waals surface area contributed by atoms with Crippen molar-refractivity contribution in [2.75, 3.05) is 5.43 Å². The summed E-state index contributed by atoms with van der Waals surface area (Å²) in [4.78, 5) is 10.2. The van der Waals surface area contributed by atoms with Crippen LogP contribution in [0, 0.1) is 17.0 Å². The lowest BCUT2D eigenvalue weighted by Crippen LogP contribution is -1.99. The Bertz CT molecular complexity index is 933. The Kier molecular flexibility index (Phi) is 4.81. The van der Waals surface area contributed by atoms with Gasteiger partial charge in [0.25, 0.3) is 5.69 Å². The molecule has 0 atom stereocenters. The van der Waals surface area contributed by atoms with Gasteiger partial charge in [-0.1, -0.05) is 17.7 Å². The lowest BCUT2D eigenvalue weighted by molar-refractivity contribution is -0.384. The highest BCUT2D eigenvalue weighted by Gasteiger charge is 2.05. The Labute approximate surface area is 149 Å². The number of anilines is 1. The van der Waals surface area contributed by atoms with Gasteiger partial charge in [-0.2, -0.15) is 5.10 Å². The number of benzene rings is 2. The van der Waals surface area contributed by atoms with Crippen LogP contribution >= 0.6 is 11.6 Å². The molecular formula is C18H15ClN4O2.